The Morgan fingerprint density at radius 3 is 2.32 bits per heavy atom. The number of sulfone groups is 1. The van der Waals surface area contributed by atoms with Crippen molar-refractivity contribution in [3.63, 3.8) is 0 Å². The van der Waals surface area contributed by atoms with Crippen LogP contribution in [0.1, 0.15) is 4.88 Å². The first kappa shape index (κ1) is 15.0. The van der Waals surface area contributed by atoms with Crippen molar-refractivity contribution in [1.29, 1.82) is 0 Å². The first-order chi connectivity index (χ1) is 8.86. The van der Waals surface area contributed by atoms with E-state index in [1.165, 1.54) is 11.1 Å². The highest BCUT2D eigenvalue weighted by Crippen LogP contribution is 2.32. The molecule has 0 saturated heterocycles. The summed E-state index contributed by atoms with van der Waals surface area (Å²) in [5, 5.41) is 3.25. The molecule has 0 aliphatic heterocycles. The Morgan fingerprint density at radius 2 is 1.84 bits per heavy atom. The maximum absolute atomic E-state index is 11.3. The average molecular weight is 425 g/mol. The molecule has 0 fully saturated rings. The van der Waals surface area contributed by atoms with E-state index in [0.29, 0.717) is 11.4 Å². The molecule has 0 amide bonds. The number of hydrogen-bond acceptors (Lipinski definition) is 4. The molecule has 0 radical (unpaired) electrons. The van der Waals surface area contributed by atoms with Gasteiger partial charge in [0.05, 0.1) is 8.68 Å². The zero-order chi connectivity index (χ0) is 14.0. The molecule has 0 unspecified atom stereocenters. The van der Waals surface area contributed by atoms with Crippen LogP contribution in [0.15, 0.2) is 43.5 Å². The fraction of sp³-hybridized carbons (Fsp3) is 0.167. The van der Waals surface area contributed by atoms with Crippen LogP contribution in [0.4, 0.5) is 5.69 Å². The predicted octanol–water partition coefficient (Wildman–Crippen LogP) is 4.29. The third-order valence-corrected chi connectivity index (χ3v) is 6.83. The Morgan fingerprint density at radius 1 is 1.21 bits per heavy atom. The molecule has 0 saturated carbocycles. The smallest absolute Gasteiger partial charge is 0.175 e. The number of rotatable bonds is 4. The van der Waals surface area contributed by atoms with Crippen LogP contribution in [-0.2, 0) is 16.4 Å². The summed E-state index contributed by atoms with van der Waals surface area (Å²) < 4.78 is 24.8. The standard InChI is InChI=1S/C12H11Br2NO2S2/c1-19(16,17)10-4-2-8(3-5-10)15-7-9-6-11(13)12(14)18-9/h2-6,15H,7H2,1H3. The van der Waals surface area contributed by atoms with E-state index < -0.39 is 9.84 Å². The summed E-state index contributed by atoms with van der Waals surface area (Å²) in [7, 11) is -3.13. The van der Waals surface area contributed by atoms with Gasteiger partial charge < -0.3 is 5.32 Å². The third kappa shape index (κ3) is 4.05. The molecule has 0 aliphatic rings. The van der Waals surface area contributed by atoms with Crippen molar-refractivity contribution in [3.05, 3.63) is 43.5 Å². The minimum Gasteiger partial charge on any atom is -0.380 e. The highest BCUT2D eigenvalue weighted by molar-refractivity contribution is 9.13. The van der Waals surface area contributed by atoms with Crippen molar-refractivity contribution >= 4 is 58.7 Å². The molecule has 7 heteroatoms. The second kappa shape index (κ2) is 5.95. The molecule has 102 valence electrons. The molecule has 19 heavy (non-hydrogen) atoms. The van der Waals surface area contributed by atoms with Crippen LogP contribution in [0.25, 0.3) is 0 Å². The molecule has 0 atom stereocenters. The quantitative estimate of drug-likeness (QED) is 0.796. The van der Waals surface area contributed by atoms with E-state index in [1.807, 2.05) is 6.07 Å². The highest BCUT2D eigenvalue weighted by atomic mass is 79.9. The van der Waals surface area contributed by atoms with Crippen molar-refractivity contribution in [2.75, 3.05) is 11.6 Å². The van der Waals surface area contributed by atoms with Gasteiger partial charge in [-0.2, -0.15) is 0 Å². The van der Waals surface area contributed by atoms with Gasteiger partial charge in [0.1, 0.15) is 0 Å². The number of nitrogens with one attached hydrogen (secondary N) is 1. The second-order valence-electron chi connectivity index (χ2n) is 3.98. The number of anilines is 1. The van der Waals surface area contributed by atoms with Crippen molar-refractivity contribution in [3.8, 4) is 0 Å². The predicted molar refractivity (Wildman–Crippen MR) is 86.6 cm³/mol. The van der Waals surface area contributed by atoms with Crippen LogP contribution in [-0.4, -0.2) is 14.7 Å². The zero-order valence-electron chi connectivity index (χ0n) is 9.98. The molecule has 2 rings (SSSR count). The SMILES string of the molecule is CS(=O)(=O)c1ccc(NCc2cc(Br)c(Br)s2)cc1. The Hall–Kier alpha value is -0.370. The van der Waals surface area contributed by atoms with Gasteiger partial charge >= 0.3 is 0 Å². The van der Waals surface area contributed by atoms with Crippen LogP contribution in [0.3, 0.4) is 0 Å². The second-order valence-corrected chi connectivity index (χ2v) is 9.31. The van der Waals surface area contributed by atoms with Gasteiger partial charge in [0.25, 0.3) is 0 Å². The molecule has 1 aromatic heterocycles. The largest absolute Gasteiger partial charge is 0.380 e. The topological polar surface area (TPSA) is 46.2 Å². The molecular weight excluding hydrogens is 414 g/mol. The minimum absolute atomic E-state index is 0.333. The lowest BCUT2D eigenvalue weighted by atomic mass is 10.3. The average Bonchev–Trinajstić information content (AvgIpc) is 2.66. The number of thiophene rings is 1. The molecule has 1 aromatic carbocycles. The first-order valence-electron chi connectivity index (χ1n) is 5.34. The molecular formula is C12H11Br2NO2S2. The monoisotopic (exact) mass is 423 g/mol. The molecule has 1 heterocycles. The van der Waals surface area contributed by atoms with Gasteiger partial charge in [-0.25, -0.2) is 8.42 Å². The maximum Gasteiger partial charge on any atom is 0.175 e. The number of halogens is 2. The van der Waals surface area contributed by atoms with E-state index >= 15 is 0 Å². The molecule has 0 bridgehead atoms. The van der Waals surface area contributed by atoms with Gasteiger partial charge in [0, 0.05) is 27.8 Å². The summed E-state index contributed by atoms with van der Waals surface area (Å²) in [5.41, 5.74) is 0.896. The maximum atomic E-state index is 11.3. The Labute approximate surface area is 133 Å². The van der Waals surface area contributed by atoms with Gasteiger partial charge in [-0.15, -0.1) is 11.3 Å². The number of hydrogen-bond donors (Lipinski definition) is 1. The van der Waals surface area contributed by atoms with E-state index in [4.69, 9.17) is 0 Å². The zero-order valence-corrected chi connectivity index (χ0v) is 14.8. The van der Waals surface area contributed by atoms with Crippen LogP contribution < -0.4 is 5.32 Å². The minimum atomic E-state index is -3.13. The summed E-state index contributed by atoms with van der Waals surface area (Å²) in [5.74, 6) is 0. The van der Waals surface area contributed by atoms with E-state index in [-0.39, 0.29) is 0 Å². The summed E-state index contributed by atoms with van der Waals surface area (Å²) in [6.07, 6.45) is 1.20. The lowest BCUT2D eigenvalue weighted by molar-refractivity contribution is 0.602. The molecule has 0 aliphatic carbocycles. The van der Waals surface area contributed by atoms with Crippen molar-refractivity contribution in [2.24, 2.45) is 0 Å². The number of benzene rings is 1. The molecule has 3 nitrogen and oxygen atoms in total. The van der Waals surface area contributed by atoms with Crippen LogP contribution in [0.5, 0.6) is 0 Å². The van der Waals surface area contributed by atoms with E-state index in [1.54, 1.807) is 35.6 Å². The summed E-state index contributed by atoms with van der Waals surface area (Å²) >= 11 is 8.55. The molecule has 2 aromatic rings. The summed E-state index contributed by atoms with van der Waals surface area (Å²) in [6, 6.07) is 8.81. The highest BCUT2D eigenvalue weighted by Gasteiger charge is 2.07. The van der Waals surface area contributed by atoms with E-state index in [9.17, 15) is 8.42 Å². The van der Waals surface area contributed by atoms with Gasteiger partial charge in [-0.05, 0) is 62.2 Å². The van der Waals surface area contributed by atoms with Gasteiger partial charge in [0.2, 0.25) is 0 Å². The van der Waals surface area contributed by atoms with Crippen LogP contribution in [0.2, 0.25) is 0 Å². The molecule has 1 N–H and O–H groups in total. The summed E-state index contributed by atoms with van der Waals surface area (Å²) in [4.78, 5) is 1.52. The van der Waals surface area contributed by atoms with E-state index in [0.717, 1.165) is 13.9 Å². The van der Waals surface area contributed by atoms with Crippen molar-refractivity contribution in [1.82, 2.24) is 0 Å². The lowest BCUT2D eigenvalue weighted by Gasteiger charge is -2.05. The third-order valence-electron chi connectivity index (χ3n) is 2.45. The van der Waals surface area contributed by atoms with E-state index in [2.05, 4.69) is 37.2 Å². The van der Waals surface area contributed by atoms with Crippen molar-refractivity contribution in [2.45, 2.75) is 11.4 Å². The van der Waals surface area contributed by atoms with Gasteiger partial charge in [-0.3, -0.25) is 0 Å². The first-order valence-corrected chi connectivity index (χ1v) is 9.63. The van der Waals surface area contributed by atoms with Crippen LogP contribution in [0, 0.1) is 0 Å². The fourth-order valence-electron chi connectivity index (χ4n) is 1.49. The van der Waals surface area contributed by atoms with Gasteiger partial charge in [-0.1, -0.05) is 0 Å². The van der Waals surface area contributed by atoms with Crippen LogP contribution >= 0.6 is 43.2 Å². The lowest BCUT2D eigenvalue weighted by Crippen LogP contribution is -1.99. The normalized spacial score (nSPS) is 11.5. The van der Waals surface area contributed by atoms with Gasteiger partial charge in [0.15, 0.2) is 9.84 Å². The Balaban J connectivity index is 2.04. The molecule has 0 spiro atoms. The van der Waals surface area contributed by atoms with Crippen molar-refractivity contribution < 1.29 is 8.42 Å². The Bertz CT molecular complexity index is 659. The summed E-state index contributed by atoms with van der Waals surface area (Å²) in [6.45, 7) is 0.701. The fourth-order valence-corrected chi connectivity index (χ4v) is 4.23. The Kier molecular flexibility index (Phi) is 4.70.